The highest BCUT2D eigenvalue weighted by molar-refractivity contribution is 5.79. The lowest BCUT2D eigenvalue weighted by atomic mass is 9.95. The van der Waals surface area contributed by atoms with E-state index in [-0.39, 0.29) is 11.8 Å². The van der Waals surface area contributed by atoms with Crippen molar-refractivity contribution in [3.63, 3.8) is 0 Å². The maximum atomic E-state index is 12.3. The number of nitrogens with one attached hydrogen (secondary N) is 1. The Hall–Kier alpha value is -2.65. The van der Waals surface area contributed by atoms with E-state index in [0.29, 0.717) is 58.3 Å². The van der Waals surface area contributed by atoms with Crippen LogP contribution in [0.3, 0.4) is 0 Å². The fourth-order valence-corrected chi connectivity index (χ4v) is 3.25. The maximum absolute atomic E-state index is 12.3. The van der Waals surface area contributed by atoms with Gasteiger partial charge in [-0.25, -0.2) is 0 Å². The lowest BCUT2D eigenvalue weighted by Crippen LogP contribution is -2.41. The van der Waals surface area contributed by atoms with Crippen molar-refractivity contribution in [2.24, 2.45) is 11.0 Å². The van der Waals surface area contributed by atoms with E-state index in [2.05, 4.69) is 20.2 Å². The molecule has 10 heteroatoms. The number of azide groups is 1. The molecule has 10 nitrogen and oxygen atoms in total. The van der Waals surface area contributed by atoms with Gasteiger partial charge in [-0.2, -0.15) is 0 Å². The van der Waals surface area contributed by atoms with E-state index in [1.165, 1.54) is 0 Å². The summed E-state index contributed by atoms with van der Waals surface area (Å²) in [6.45, 7) is 5.08. The van der Waals surface area contributed by atoms with Crippen LogP contribution in [0.15, 0.2) is 29.4 Å². The van der Waals surface area contributed by atoms with Gasteiger partial charge in [0.2, 0.25) is 5.91 Å². The zero-order valence-corrected chi connectivity index (χ0v) is 17.8. The summed E-state index contributed by atoms with van der Waals surface area (Å²) in [5.41, 5.74) is 9.87. The molecule has 1 aliphatic heterocycles. The minimum absolute atomic E-state index is 0.0210. The topological polar surface area (TPSA) is 126 Å². The summed E-state index contributed by atoms with van der Waals surface area (Å²) < 4.78 is 16.0. The number of benzene rings is 1. The number of carbonyl (C=O) groups excluding carboxylic acids is 2. The Morgan fingerprint density at radius 1 is 1.06 bits per heavy atom. The van der Waals surface area contributed by atoms with Crippen molar-refractivity contribution in [2.45, 2.75) is 12.8 Å². The van der Waals surface area contributed by atoms with Gasteiger partial charge in [0.1, 0.15) is 6.29 Å². The number of rotatable bonds is 15. The fraction of sp³-hybridized carbons (Fsp3) is 0.619. The Labute approximate surface area is 182 Å². The number of ether oxygens (including phenoxy) is 3. The predicted molar refractivity (Wildman–Crippen MR) is 116 cm³/mol. The monoisotopic (exact) mass is 433 g/mol. The van der Waals surface area contributed by atoms with Crippen LogP contribution in [0, 0.1) is 5.92 Å². The summed E-state index contributed by atoms with van der Waals surface area (Å²) in [5, 5.41) is 6.30. The number of hydrogen-bond donors (Lipinski definition) is 1. The molecule has 1 saturated heterocycles. The molecule has 0 radical (unpaired) electrons. The summed E-state index contributed by atoms with van der Waals surface area (Å²) in [4.78, 5) is 28.0. The molecule has 1 aromatic carbocycles. The Bertz CT molecular complexity index is 701. The van der Waals surface area contributed by atoms with Crippen molar-refractivity contribution in [1.29, 1.82) is 0 Å². The van der Waals surface area contributed by atoms with Crippen LogP contribution in [0.2, 0.25) is 0 Å². The van der Waals surface area contributed by atoms with E-state index in [1.807, 2.05) is 24.3 Å². The van der Waals surface area contributed by atoms with E-state index in [0.717, 1.165) is 37.9 Å². The van der Waals surface area contributed by atoms with Crippen LogP contribution < -0.4 is 10.2 Å². The highest BCUT2D eigenvalue weighted by atomic mass is 16.5. The first-order valence-electron chi connectivity index (χ1n) is 10.6. The van der Waals surface area contributed by atoms with E-state index >= 15 is 0 Å². The second-order valence-electron chi connectivity index (χ2n) is 7.05. The van der Waals surface area contributed by atoms with Gasteiger partial charge < -0.3 is 24.4 Å². The van der Waals surface area contributed by atoms with Gasteiger partial charge in [0, 0.05) is 48.3 Å². The Morgan fingerprint density at radius 2 is 1.68 bits per heavy atom. The SMILES string of the molecule is [N-]=[N+]=NCCOCCOCCOCCNC(=O)C1CCN(c2ccc(C=O)cc2)CC1. The van der Waals surface area contributed by atoms with E-state index in [1.54, 1.807) is 0 Å². The molecule has 0 spiro atoms. The third-order valence-electron chi connectivity index (χ3n) is 4.95. The van der Waals surface area contributed by atoms with E-state index in [4.69, 9.17) is 19.7 Å². The van der Waals surface area contributed by atoms with E-state index in [9.17, 15) is 9.59 Å². The number of hydrogen-bond acceptors (Lipinski definition) is 7. The Morgan fingerprint density at radius 3 is 2.29 bits per heavy atom. The quantitative estimate of drug-likeness (QED) is 0.149. The molecule has 2 rings (SSSR count). The average molecular weight is 434 g/mol. The third kappa shape index (κ3) is 9.80. The molecule has 31 heavy (non-hydrogen) atoms. The minimum atomic E-state index is 0.0210. The zero-order chi connectivity index (χ0) is 22.2. The van der Waals surface area contributed by atoms with Crippen LogP contribution in [0.4, 0.5) is 5.69 Å². The molecular weight excluding hydrogens is 402 g/mol. The van der Waals surface area contributed by atoms with Crippen LogP contribution in [-0.2, 0) is 19.0 Å². The van der Waals surface area contributed by atoms with Crippen LogP contribution in [-0.4, -0.2) is 78.0 Å². The molecule has 1 amide bonds. The number of aldehydes is 1. The standard InChI is InChI=1S/C21H31N5O5/c22-25-24-8-12-30-14-16-31-15-13-29-11-7-23-21(28)19-5-9-26(10-6-19)20-3-1-18(17-27)2-4-20/h1-4,17,19H,5-16H2,(H,23,28). The van der Waals surface area contributed by atoms with Gasteiger partial charge in [0.15, 0.2) is 0 Å². The summed E-state index contributed by atoms with van der Waals surface area (Å²) in [5.74, 6) is 0.0985. The molecular formula is C21H31N5O5. The minimum Gasteiger partial charge on any atom is -0.379 e. The van der Waals surface area contributed by atoms with Gasteiger partial charge in [-0.05, 0) is 42.6 Å². The first kappa shape index (κ1) is 24.6. The van der Waals surface area contributed by atoms with E-state index < -0.39 is 0 Å². The number of nitrogens with zero attached hydrogens (tertiary/aromatic N) is 4. The highest BCUT2D eigenvalue weighted by Gasteiger charge is 2.24. The van der Waals surface area contributed by atoms with Crippen LogP contribution in [0.1, 0.15) is 23.2 Å². The van der Waals surface area contributed by atoms with Gasteiger partial charge in [-0.3, -0.25) is 9.59 Å². The molecule has 0 atom stereocenters. The summed E-state index contributed by atoms with van der Waals surface area (Å²) >= 11 is 0. The number of piperidine rings is 1. The molecule has 0 bridgehead atoms. The van der Waals surface area contributed by atoms with Gasteiger partial charge in [-0.1, -0.05) is 5.11 Å². The second kappa shape index (κ2) is 15.2. The van der Waals surface area contributed by atoms with Crippen molar-refractivity contribution in [3.8, 4) is 0 Å². The summed E-state index contributed by atoms with van der Waals surface area (Å²) in [7, 11) is 0. The van der Waals surface area contributed by atoms with Crippen molar-refractivity contribution < 1.29 is 23.8 Å². The summed E-state index contributed by atoms with van der Waals surface area (Å²) in [6, 6.07) is 7.53. The second-order valence-corrected chi connectivity index (χ2v) is 7.05. The molecule has 0 saturated carbocycles. The van der Waals surface area contributed by atoms with Crippen molar-refractivity contribution in [1.82, 2.24) is 5.32 Å². The van der Waals surface area contributed by atoms with Crippen LogP contribution in [0.5, 0.6) is 0 Å². The molecule has 1 aromatic rings. The first-order chi connectivity index (χ1) is 15.2. The lowest BCUT2D eigenvalue weighted by Gasteiger charge is -2.33. The lowest BCUT2D eigenvalue weighted by molar-refractivity contribution is -0.125. The smallest absolute Gasteiger partial charge is 0.223 e. The molecule has 0 unspecified atom stereocenters. The highest BCUT2D eigenvalue weighted by Crippen LogP contribution is 2.23. The molecule has 0 aliphatic carbocycles. The normalized spacial score (nSPS) is 14.1. The molecule has 0 aromatic heterocycles. The van der Waals surface area contributed by atoms with Crippen molar-refractivity contribution in [2.75, 3.05) is 70.7 Å². The average Bonchev–Trinajstić information content (AvgIpc) is 2.82. The first-order valence-corrected chi connectivity index (χ1v) is 10.6. The zero-order valence-electron chi connectivity index (χ0n) is 17.8. The molecule has 1 heterocycles. The fourth-order valence-electron chi connectivity index (χ4n) is 3.25. The van der Waals surface area contributed by atoms with Gasteiger partial charge in [0.25, 0.3) is 0 Å². The van der Waals surface area contributed by atoms with Crippen LogP contribution in [0.25, 0.3) is 10.4 Å². The molecule has 170 valence electrons. The third-order valence-corrected chi connectivity index (χ3v) is 4.95. The van der Waals surface area contributed by atoms with Crippen molar-refractivity contribution >= 4 is 17.9 Å². The number of amides is 1. The van der Waals surface area contributed by atoms with Crippen molar-refractivity contribution in [3.05, 3.63) is 40.3 Å². The molecule has 1 aliphatic rings. The van der Waals surface area contributed by atoms with Gasteiger partial charge in [0.05, 0.1) is 39.6 Å². The van der Waals surface area contributed by atoms with Gasteiger partial charge in [-0.15, -0.1) is 0 Å². The number of anilines is 1. The Kier molecular flexibility index (Phi) is 12.1. The maximum Gasteiger partial charge on any atom is 0.223 e. The van der Waals surface area contributed by atoms with Crippen LogP contribution >= 0.6 is 0 Å². The van der Waals surface area contributed by atoms with Gasteiger partial charge >= 0.3 is 0 Å². The Balaban J connectivity index is 1.45. The largest absolute Gasteiger partial charge is 0.379 e. The predicted octanol–water partition coefficient (Wildman–Crippen LogP) is 2.19. The molecule has 1 fully saturated rings. The summed E-state index contributed by atoms with van der Waals surface area (Å²) in [6.07, 6.45) is 2.45. The number of carbonyl (C=O) groups is 2. The molecule has 1 N–H and O–H groups in total.